The van der Waals surface area contributed by atoms with Crippen molar-refractivity contribution < 1.29 is 80.2 Å². The Bertz CT molecular complexity index is 1800. The molecule has 0 saturated heterocycles. The van der Waals surface area contributed by atoms with E-state index < -0.39 is 97.5 Å². The average molecular weight is 1270 g/mol. The number of hydrogen-bond acceptors (Lipinski definition) is 15. The third kappa shape index (κ3) is 57.9. The molecule has 0 spiro atoms. The Hall–Kier alpha value is -2.46. The molecule has 0 bridgehead atoms. The van der Waals surface area contributed by atoms with Crippen LogP contribution in [0.2, 0.25) is 0 Å². The summed E-state index contributed by atoms with van der Waals surface area (Å²) < 4.78 is 68.0. The SMILES string of the molecule is CCCCCC/C=C\C=C/CCCCCCCC(=O)OC[C@H](COP(=O)(O)OC[C@@H](O)COP(=O)(O)OC[C@@H](COC(=O)CCCCCCCCC(C)CC)OC(=O)CCCCCCCCCCC(C)C)OC(=O)CCCCCCCCC(C)CC. The Kier molecular flexibility index (Phi) is 56.0. The number of phosphoric acid groups is 2. The van der Waals surface area contributed by atoms with Gasteiger partial charge in [0.25, 0.3) is 0 Å². The van der Waals surface area contributed by atoms with Crippen LogP contribution in [-0.4, -0.2) is 96.7 Å². The predicted octanol–water partition coefficient (Wildman–Crippen LogP) is 18.2. The van der Waals surface area contributed by atoms with Crippen molar-refractivity contribution in [2.75, 3.05) is 39.6 Å². The van der Waals surface area contributed by atoms with E-state index in [1.54, 1.807) is 0 Å². The molecule has 0 aromatic carbocycles. The summed E-state index contributed by atoms with van der Waals surface area (Å²) in [6, 6.07) is 0. The molecule has 17 nitrogen and oxygen atoms in total. The molecule has 0 aliphatic rings. The van der Waals surface area contributed by atoms with Crippen LogP contribution in [0, 0.1) is 17.8 Å². The molecule has 506 valence electrons. The first-order chi connectivity index (χ1) is 41.3. The van der Waals surface area contributed by atoms with Gasteiger partial charge in [0.2, 0.25) is 0 Å². The van der Waals surface area contributed by atoms with Crippen LogP contribution in [0.3, 0.4) is 0 Å². The lowest BCUT2D eigenvalue weighted by Crippen LogP contribution is -2.30. The zero-order chi connectivity index (χ0) is 63.8. The lowest BCUT2D eigenvalue weighted by atomic mass is 10.00. The third-order valence-corrected chi connectivity index (χ3v) is 17.4. The van der Waals surface area contributed by atoms with Gasteiger partial charge in [-0.3, -0.25) is 37.3 Å². The number of hydrogen-bond donors (Lipinski definition) is 3. The minimum absolute atomic E-state index is 0.0955. The van der Waals surface area contributed by atoms with Crippen LogP contribution >= 0.6 is 15.6 Å². The van der Waals surface area contributed by atoms with Crippen LogP contribution in [0.5, 0.6) is 0 Å². The van der Waals surface area contributed by atoms with E-state index >= 15 is 0 Å². The van der Waals surface area contributed by atoms with Gasteiger partial charge in [-0.25, -0.2) is 9.13 Å². The Morgan fingerprint density at radius 1 is 0.384 bits per heavy atom. The largest absolute Gasteiger partial charge is 0.472 e. The molecule has 86 heavy (non-hydrogen) atoms. The van der Waals surface area contributed by atoms with Crippen LogP contribution in [-0.2, 0) is 65.4 Å². The maximum Gasteiger partial charge on any atom is 0.472 e. The monoisotopic (exact) mass is 1260 g/mol. The Balaban J connectivity index is 5.27. The first kappa shape index (κ1) is 83.5. The van der Waals surface area contributed by atoms with Gasteiger partial charge in [-0.1, -0.05) is 253 Å². The highest BCUT2D eigenvalue weighted by molar-refractivity contribution is 7.47. The highest BCUT2D eigenvalue weighted by atomic mass is 31.2. The number of aliphatic hydroxyl groups excluding tert-OH is 1. The van der Waals surface area contributed by atoms with Crippen molar-refractivity contribution in [1.82, 2.24) is 0 Å². The molecule has 0 aromatic heterocycles. The summed E-state index contributed by atoms with van der Waals surface area (Å²) in [7, 11) is -9.91. The Labute approximate surface area is 522 Å². The second kappa shape index (κ2) is 57.7. The van der Waals surface area contributed by atoms with Gasteiger partial charge in [0.1, 0.15) is 19.3 Å². The average Bonchev–Trinajstić information content (AvgIpc) is 3.68. The highest BCUT2D eigenvalue weighted by Crippen LogP contribution is 2.45. The standard InChI is InChI=1S/C67H126O17P2/c1-8-11-12-13-14-15-16-17-18-19-20-21-25-34-41-48-64(69)77-54-63(84-67(72)51-44-37-30-28-33-40-47-60(7)10-3)57-82-86(75,76)80-53-61(68)52-79-85(73,74)81-56-62(55-78-65(70)49-42-35-29-27-32-39-46-59(6)9-2)83-66(71)50-43-36-26-23-22-24-31-38-45-58(4)5/h15-18,58-63,68H,8-14,19-57H2,1-7H3,(H,73,74)(H,75,76)/b16-15-,18-17-/t59?,60?,61-,62+,63+/m0/s1. The minimum Gasteiger partial charge on any atom is -0.462 e. The van der Waals surface area contributed by atoms with Crippen molar-refractivity contribution in [3.8, 4) is 0 Å². The lowest BCUT2D eigenvalue weighted by molar-refractivity contribution is -0.161. The first-order valence-electron chi connectivity index (χ1n) is 34.2. The number of aliphatic hydroxyl groups is 1. The van der Waals surface area contributed by atoms with E-state index in [-0.39, 0.29) is 25.7 Å². The Morgan fingerprint density at radius 2 is 0.686 bits per heavy atom. The molecule has 7 atom stereocenters. The molecule has 0 fully saturated rings. The van der Waals surface area contributed by atoms with Gasteiger partial charge in [0, 0.05) is 25.7 Å². The maximum atomic E-state index is 13.0. The summed E-state index contributed by atoms with van der Waals surface area (Å²) in [5, 5.41) is 10.5. The van der Waals surface area contributed by atoms with Crippen LogP contribution < -0.4 is 0 Å². The summed E-state index contributed by atoms with van der Waals surface area (Å²) >= 11 is 0. The summed E-state index contributed by atoms with van der Waals surface area (Å²) in [5.74, 6) is -0.00490. The first-order valence-corrected chi connectivity index (χ1v) is 37.2. The number of carbonyl (C=O) groups excluding carboxylic acids is 4. The van der Waals surface area contributed by atoms with Crippen LogP contribution in [0.4, 0.5) is 0 Å². The topological polar surface area (TPSA) is 237 Å². The van der Waals surface area contributed by atoms with Gasteiger partial charge in [-0.05, 0) is 69.1 Å². The van der Waals surface area contributed by atoms with E-state index in [0.29, 0.717) is 37.5 Å². The third-order valence-electron chi connectivity index (χ3n) is 15.5. The molecule has 19 heteroatoms. The van der Waals surface area contributed by atoms with Crippen molar-refractivity contribution in [1.29, 1.82) is 0 Å². The number of carbonyl (C=O) groups is 4. The number of rotatable bonds is 63. The summed E-state index contributed by atoms with van der Waals surface area (Å²) in [4.78, 5) is 72.3. The van der Waals surface area contributed by atoms with Gasteiger partial charge < -0.3 is 33.8 Å². The summed E-state index contributed by atoms with van der Waals surface area (Å²) in [5.41, 5.74) is 0. The molecular formula is C67H126O17P2. The zero-order valence-electron chi connectivity index (χ0n) is 55.3. The molecular weight excluding hydrogens is 1140 g/mol. The van der Waals surface area contributed by atoms with Crippen molar-refractivity contribution in [3.63, 3.8) is 0 Å². The fraction of sp³-hybridized carbons (Fsp3) is 0.881. The zero-order valence-corrected chi connectivity index (χ0v) is 57.0. The second-order valence-electron chi connectivity index (χ2n) is 24.5. The molecule has 0 amide bonds. The molecule has 3 N–H and O–H groups in total. The van der Waals surface area contributed by atoms with Crippen LogP contribution in [0.25, 0.3) is 0 Å². The van der Waals surface area contributed by atoms with Gasteiger partial charge in [0.15, 0.2) is 12.2 Å². The lowest BCUT2D eigenvalue weighted by Gasteiger charge is -2.21. The van der Waals surface area contributed by atoms with Crippen molar-refractivity contribution in [2.24, 2.45) is 17.8 Å². The fourth-order valence-electron chi connectivity index (χ4n) is 9.41. The highest BCUT2D eigenvalue weighted by Gasteiger charge is 2.30. The van der Waals surface area contributed by atoms with E-state index in [9.17, 15) is 43.2 Å². The van der Waals surface area contributed by atoms with E-state index in [0.717, 1.165) is 121 Å². The molecule has 0 saturated carbocycles. The number of phosphoric ester groups is 2. The molecule has 4 unspecified atom stereocenters. The van der Waals surface area contributed by atoms with Crippen molar-refractivity contribution in [2.45, 2.75) is 324 Å². The van der Waals surface area contributed by atoms with Gasteiger partial charge in [-0.15, -0.1) is 0 Å². The van der Waals surface area contributed by atoms with Gasteiger partial charge in [-0.2, -0.15) is 0 Å². The molecule has 0 aromatic rings. The maximum absolute atomic E-state index is 13.0. The van der Waals surface area contributed by atoms with Crippen LogP contribution in [0.15, 0.2) is 24.3 Å². The quantitative estimate of drug-likeness (QED) is 0.0169. The number of ether oxygens (including phenoxy) is 4. The van der Waals surface area contributed by atoms with Crippen molar-refractivity contribution in [3.05, 3.63) is 24.3 Å². The fourth-order valence-corrected chi connectivity index (χ4v) is 11.0. The molecule has 0 aliphatic carbocycles. The smallest absolute Gasteiger partial charge is 0.462 e. The molecule has 0 radical (unpaired) electrons. The van der Waals surface area contributed by atoms with Crippen LogP contribution in [0.1, 0.15) is 305 Å². The number of unbranched alkanes of at least 4 members (excludes halogenated alkanes) is 26. The predicted molar refractivity (Wildman–Crippen MR) is 344 cm³/mol. The summed E-state index contributed by atoms with van der Waals surface area (Å²) in [6.07, 6.45) is 42.7. The van der Waals surface area contributed by atoms with Gasteiger partial charge >= 0.3 is 39.5 Å². The minimum atomic E-state index is -4.96. The van der Waals surface area contributed by atoms with E-state index in [4.69, 9.17) is 37.0 Å². The molecule has 0 aliphatic heterocycles. The number of esters is 4. The van der Waals surface area contributed by atoms with E-state index in [1.807, 2.05) is 0 Å². The van der Waals surface area contributed by atoms with E-state index in [2.05, 4.69) is 72.8 Å². The Morgan fingerprint density at radius 3 is 1.03 bits per heavy atom. The normalized spacial score (nSPS) is 15.1. The van der Waals surface area contributed by atoms with Gasteiger partial charge in [0.05, 0.1) is 26.4 Å². The molecule has 0 heterocycles. The van der Waals surface area contributed by atoms with E-state index in [1.165, 1.54) is 89.9 Å². The number of allylic oxidation sites excluding steroid dienone is 4. The summed E-state index contributed by atoms with van der Waals surface area (Å²) in [6.45, 7) is 11.6. The van der Waals surface area contributed by atoms with Crippen molar-refractivity contribution >= 4 is 39.5 Å². The second-order valence-corrected chi connectivity index (χ2v) is 27.4. The molecule has 0 rings (SSSR count).